The van der Waals surface area contributed by atoms with Crippen LogP contribution in [0.1, 0.15) is 17.0 Å². The molecule has 6 nitrogen and oxygen atoms in total. The second-order valence-electron chi connectivity index (χ2n) is 5.32. The molecule has 2 N–H and O–H groups in total. The van der Waals surface area contributed by atoms with Gasteiger partial charge in [0.15, 0.2) is 0 Å². The van der Waals surface area contributed by atoms with Crippen LogP contribution in [0, 0.1) is 13.8 Å². The van der Waals surface area contributed by atoms with Gasteiger partial charge < -0.3 is 10.6 Å². The second kappa shape index (κ2) is 7.92. The highest BCUT2D eigenvalue weighted by Gasteiger charge is 2.12. The Hall–Kier alpha value is -2.41. The number of nitrogens with one attached hydrogen (secondary N) is 2. The summed E-state index contributed by atoms with van der Waals surface area (Å²) in [5, 5.41) is 9.55. The number of benzene rings is 1. The molecule has 24 heavy (non-hydrogen) atoms. The van der Waals surface area contributed by atoms with Gasteiger partial charge in [-0.3, -0.25) is 14.3 Å². The summed E-state index contributed by atoms with van der Waals surface area (Å²) in [5.74, 6) is -0.618. The van der Waals surface area contributed by atoms with Crippen LogP contribution in [0.5, 0.6) is 0 Å². The molecule has 0 bridgehead atoms. The van der Waals surface area contributed by atoms with Crippen LogP contribution in [0.2, 0.25) is 0 Å². The van der Waals surface area contributed by atoms with Crippen molar-refractivity contribution < 1.29 is 9.59 Å². The Bertz CT molecular complexity index is 779. The van der Waals surface area contributed by atoms with Crippen LogP contribution in [0.4, 0.5) is 5.69 Å². The zero-order chi connectivity index (χ0) is 17.7. The number of anilines is 1. The minimum Gasteiger partial charge on any atom is -0.343 e. The molecule has 0 saturated heterocycles. The van der Waals surface area contributed by atoms with E-state index in [9.17, 15) is 9.59 Å². The van der Waals surface area contributed by atoms with Gasteiger partial charge in [-0.2, -0.15) is 5.10 Å². The van der Waals surface area contributed by atoms with E-state index in [2.05, 4.69) is 31.7 Å². The van der Waals surface area contributed by atoms with Gasteiger partial charge in [-0.1, -0.05) is 28.1 Å². The Morgan fingerprint density at radius 3 is 2.50 bits per heavy atom. The van der Waals surface area contributed by atoms with Gasteiger partial charge in [0, 0.05) is 17.6 Å². The molecule has 7 heteroatoms. The molecule has 2 rings (SSSR count). The lowest BCUT2D eigenvalue weighted by atomic mass is 10.2. The zero-order valence-corrected chi connectivity index (χ0v) is 15.3. The number of hydrogen-bond donors (Lipinski definition) is 2. The van der Waals surface area contributed by atoms with Gasteiger partial charge in [0.1, 0.15) is 0 Å². The van der Waals surface area contributed by atoms with Gasteiger partial charge in [0.25, 0.3) is 0 Å². The average Bonchev–Trinajstić information content (AvgIpc) is 2.78. The van der Waals surface area contributed by atoms with Crippen molar-refractivity contribution in [2.24, 2.45) is 7.05 Å². The summed E-state index contributed by atoms with van der Waals surface area (Å²) in [7, 11) is 1.81. The largest absolute Gasteiger partial charge is 0.343 e. The second-order valence-corrected chi connectivity index (χ2v) is 6.24. The van der Waals surface area contributed by atoms with Crippen LogP contribution in [-0.2, 0) is 16.6 Å². The van der Waals surface area contributed by atoms with Crippen molar-refractivity contribution in [2.45, 2.75) is 13.8 Å². The summed E-state index contributed by atoms with van der Waals surface area (Å²) < 4.78 is 2.67. The number of aryl methyl sites for hydroxylation is 2. The van der Waals surface area contributed by atoms with E-state index in [4.69, 9.17) is 0 Å². The first-order valence-electron chi connectivity index (χ1n) is 7.38. The van der Waals surface area contributed by atoms with Crippen molar-refractivity contribution in [3.8, 4) is 0 Å². The van der Waals surface area contributed by atoms with Crippen molar-refractivity contribution in [3.05, 3.63) is 51.8 Å². The molecule has 0 radical (unpaired) electrons. The van der Waals surface area contributed by atoms with Gasteiger partial charge >= 0.3 is 0 Å². The lowest BCUT2D eigenvalue weighted by molar-refractivity contribution is -0.121. The molecule has 126 valence electrons. The summed E-state index contributed by atoms with van der Waals surface area (Å²) in [6, 6.07) is 7.55. The highest BCUT2D eigenvalue weighted by atomic mass is 79.9. The molecule has 1 heterocycles. The lowest BCUT2D eigenvalue weighted by Crippen LogP contribution is -2.31. The van der Waals surface area contributed by atoms with Gasteiger partial charge in [-0.05, 0) is 37.6 Å². The first-order chi connectivity index (χ1) is 11.4. The first kappa shape index (κ1) is 17.9. The summed E-state index contributed by atoms with van der Waals surface area (Å²) in [4.78, 5) is 23.7. The van der Waals surface area contributed by atoms with Crippen molar-refractivity contribution >= 4 is 39.5 Å². The van der Waals surface area contributed by atoms with E-state index >= 15 is 0 Å². The molecule has 2 amide bonds. The number of carbonyl (C=O) groups is 2. The molecule has 1 aromatic heterocycles. The minimum absolute atomic E-state index is 0.0999. The topological polar surface area (TPSA) is 76.0 Å². The van der Waals surface area contributed by atoms with Gasteiger partial charge in [-0.25, -0.2) is 0 Å². The highest BCUT2D eigenvalue weighted by Crippen LogP contribution is 2.17. The van der Waals surface area contributed by atoms with E-state index < -0.39 is 0 Å². The maximum atomic E-state index is 12.0. The van der Waals surface area contributed by atoms with E-state index in [-0.39, 0.29) is 18.4 Å². The maximum absolute atomic E-state index is 12.0. The van der Waals surface area contributed by atoms with Crippen molar-refractivity contribution in [1.82, 2.24) is 15.1 Å². The zero-order valence-electron chi connectivity index (χ0n) is 13.8. The van der Waals surface area contributed by atoms with Crippen LogP contribution in [-0.4, -0.2) is 28.1 Å². The number of amides is 2. The molecule has 0 aliphatic heterocycles. The number of halogens is 1. The summed E-state index contributed by atoms with van der Waals surface area (Å²) in [6.07, 6.45) is 3.09. The lowest BCUT2D eigenvalue weighted by Gasteiger charge is -2.06. The number of aromatic nitrogens is 2. The highest BCUT2D eigenvalue weighted by molar-refractivity contribution is 9.10. The number of nitrogens with zero attached hydrogens (tertiary/aromatic N) is 2. The standard InChI is InChI=1S/C17H19BrN4O2/c1-11-17(12(2)22(3)21-11)20-16(24)10-19-15(23)9-6-13-4-7-14(18)8-5-13/h4-9H,10H2,1-3H3,(H,19,23)(H,20,24)/b9-6+. The van der Waals surface area contributed by atoms with Crippen molar-refractivity contribution in [3.63, 3.8) is 0 Å². The van der Waals surface area contributed by atoms with Gasteiger partial charge in [0.2, 0.25) is 11.8 Å². The van der Waals surface area contributed by atoms with Crippen molar-refractivity contribution in [1.29, 1.82) is 0 Å². The number of hydrogen-bond acceptors (Lipinski definition) is 3. The summed E-state index contributed by atoms with van der Waals surface area (Å²) in [6.45, 7) is 3.59. The van der Waals surface area contributed by atoms with Crippen LogP contribution < -0.4 is 10.6 Å². The fourth-order valence-corrected chi connectivity index (χ4v) is 2.37. The number of carbonyl (C=O) groups excluding carboxylic acids is 2. The van der Waals surface area contributed by atoms with Crippen LogP contribution in [0.25, 0.3) is 6.08 Å². The normalized spacial score (nSPS) is 10.8. The van der Waals surface area contributed by atoms with E-state index in [1.807, 2.05) is 45.2 Å². The molecule has 0 unspecified atom stereocenters. The van der Waals surface area contributed by atoms with Crippen molar-refractivity contribution in [2.75, 3.05) is 11.9 Å². The van der Waals surface area contributed by atoms with E-state index in [1.54, 1.807) is 10.8 Å². The average molecular weight is 391 g/mol. The van der Waals surface area contributed by atoms with E-state index in [0.717, 1.165) is 21.4 Å². The molecule has 0 aliphatic rings. The van der Waals surface area contributed by atoms with Gasteiger partial charge in [0.05, 0.1) is 23.6 Å². The minimum atomic E-state index is -0.326. The van der Waals surface area contributed by atoms with Crippen LogP contribution >= 0.6 is 15.9 Å². The molecular weight excluding hydrogens is 372 g/mol. The molecule has 0 aliphatic carbocycles. The quantitative estimate of drug-likeness (QED) is 0.770. The van der Waals surface area contributed by atoms with Gasteiger partial charge in [-0.15, -0.1) is 0 Å². The monoisotopic (exact) mass is 390 g/mol. The summed E-state index contributed by atoms with van der Waals surface area (Å²) >= 11 is 3.35. The molecule has 0 saturated carbocycles. The predicted molar refractivity (Wildman–Crippen MR) is 97.5 cm³/mol. The third-order valence-electron chi connectivity index (χ3n) is 3.49. The maximum Gasteiger partial charge on any atom is 0.244 e. The molecule has 0 atom stereocenters. The molecular formula is C17H19BrN4O2. The Labute approximate surface area is 149 Å². The smallest absolute Gasteiger partial charge is 0.244 e. The van der Waals surface area contributed by atoms with Crippen LogP contribution in [0.15, 0.2) is 34.8 Å². The Kier molecular flexibility index (Phi) is 5.92. The van der Waals surface area contributed by atoms with Crippen LogP contribution in [0.3, 0.4) is 0 Å². The number of rotatable bonds is 5. The van der Waals surface area contributed by atoms with E-state index in [0.29, 0.717) is 5.69 Å². The fourth-order valence-electron chi connectivity index (χ4n) is 2.11. The Morgan fingerprint density at radius 1 is 1.25 bits per heavy atom. The third kappa shape index (κ3) is 4.79. The SMILES string of the molecule is Cc1nn(C)c(C)c1NC(=O)CNC(=O)/C=C/c1ccc(Br)cc1. The fraction of sp³-hybridized carbons (Fsp3) is 0.235. The third-order valence-corrected chi connectivity index (χ3v) is 4.02. The predicted octanol–water partition coefficient (Wildman–Crippen LogP) is 2.57. The molecule has 1 aromatic carbocycles. The first-order valence-corrected chi connectivity index (χ1v) is 8.17. The Balaban J connectivity index is 1.85. The summed E-state index contributed by atoms with van der Waals surface area (Å²) in [5.41, 5.74) is 3.19. The molecule has 0 spiro atoms. The Morgan fingerprint density at radius 2 is 1.92 bits per heavy atom. The van der Waals surface area contributed by atoms with E-state index in [1.165, 1.54) is 6.08 Å². The molecule has 2 aromatic rings. The molecule has 0 fully saturated rings.